The zero-order valence-electron chi connectivity index (χ0n) is 18.3. The van der Waals surface area contributed by atoms with E-state index in [2.05, 4.69) is 80.8 Å². The van der Waals surface area contributed by atoms with Crippen molar-refractivity contribution in [2.45, 2.75) is 33.2 Å². The number of anilines is 2. The van der Waals surface area contributed by atoms with Gasteiger partial charge in [0.1, 0.15) is 12.1 Å². The summed E-state index contributed by atoms with van der Waals surface area (Å²) in [6.45, 7) is 10.1. The van der Waals surface area contributed by atoms with Gasteiger partial charge in [0.05, 0.1) is 17.9 Å². The van der Waals surface area contributed by atoms with Crippen molar-refractivity contribution >= 4 is 27.3 Å². The molecular weight excluding hydrogens is 456 g/mol. The van der Waals surface area contributed by atoms with Gasteiger partial charge in [0.15, 0.2) is 0 Å². The van der Waals surface area contributed by atoms with Gasteiger partial charge in [-0.25, -0.2) is 19.0 Å². The number of hydrogen-bond donors (Lipinski definition) is 0. The maximum Gasteiger partial charge on any atom is 0.351 e. The van der Waals surface area contributed by atoms with Crippen LogP contribution in [0.4, 0.5) is 11.4 Å². The Morgan fingerprint density at radius 1 is 0.968 bits per heavy atom. The summed E-state index contributed by atoms with van der Waals surface area (Å²) in [5, 5.41) is 4.35. The first-order chi connectivity index (χ1) is 15.0. The van der Waals surface area contributed by atoms with Crippen molar-refractivity contribution in [2.75, 3.05) is 36.0 Å². The van der Waals surface area contributed by atoms with E-state index in [9.17, 15) is 4.79 Å². The van der Waals surface area contributed by atoms with Crippen LogP contribution in [0.3, 0.4) is 0 Å². The average Bonchev–Trinajstić information content (AvgIpc) is 3.16. The van der Waals surface area contributed by atoms with Crippen molar-refractivity contribution in [3.63, 3.8) is 0 Å². The number of benzene rings is 1. The quantitative estimate of drug-likeness (QED) is 0.526. The first kappa shape index (κ1) is 21.6. The van der Waals surface area contributed by atoms with Gasteiger partial charge in [0.25, 0.3) is 0 Å². The minimum absolute atomic E-state index is 0.0926. The summed E-state index contributed by atoms with van der Waals surface area (Å²) < 4.78 is 4.21. The lowest BCUT2D eigenvalue weighted by Crippen LogP contribution is -2.46. The Hall–Kier alpha value is -2.61. The topological polar surface area (TPSA) is 59.2 Å². The zero-order valence-corrected chi connectivity index (χ0v) is 19.9. The summed E-state index contributed by atoms with van der Waals surface area (Å²) in [6, 6.07) is 12.5. The Labute approximate surface area is 191 Å². The SMILES string of the molecule is CC[C@@H](C(C)C)n1ncn(-c2ccc(N3CCN(c4ccc(Br)cc4)CC3)cn2)c1=O. The van der Waals surface area contributed by atoms with E-state index < -0.39 is 0 Å². The van der Waals surface area contributed by atoms with Crippen molar-refractivity contribution in [1.29, 1.82) is 0 Å². The fourth-order valence-electron chi connectivity index (χ4n) is 4.21. The molecule has 31 heavy (non-hydrogen) atoms. The highest BCUT2D eigenvalue weighted by atomic mass is 79.9. The molecule has 0 unspecified atom stereocenters. The number of nitrogens with zero attached hydrogens (tertiary/aromatic N) is 6. The molecule has 1 saturated heterocycles. The molecule has 0 amide bonds. The van der Waals surface area contributed by atoms with Crippen LogP contribution in [-0.4, -0.2) is 45.5 Å². The fourth-order valence-corrected chi connectivity index (χ4v) is 4.47. The first-order valence-corrected chi connectivity index (χ1v) is 11.6. The molecule has 1 fully saturated rings. The zero-order chi connectivity index (χ0) is 22.0. The number of aromatic nitrogens is 4. The third kappa shape index (κ3) is 4.54. The Morgan fingerprint density at radius 3 is 2.13 bits per heavy atom. The van der Waals surface area contributed by atoms with Crippen molar-refractivity contribution in [2.24, 2.45) is 5.92 Å². The molecular formula is C23H29BrN6O. The van der Waals surface area contributed by atoms with Crippen LogP contribution in [0.2, 0.25) is 0 Å². The molecule has 0 aliphatic carbocycles. The number of rotatable bonds is 6. The van der Waals surface area contributed by atoms with Crippen LogP contribution in [0.1, 0.15) is 33.2 Å². The second kappa shape index (κ2) is 9.26. The molecule has 2 aromatic heterocycles. The van der Waals surface area contributed by atoms with Crippen LogP contribution in [0.5, 0.6) is 0 Å². The highest BCUT2D eigenvalue weighted by Gasteiger charge is 2.20. The molecule has 0 saturated carbocycles. The van der Waals surface area contributed by atoms with E-state index in [4.69, 9.17) is 0 Å². The summed E-state index contributed by atoms with van der Waals surface area (Å²) in [5.74, 6) is 0.949. The lowest BCUT2D eigenvalue weighted by atomic mass is 10.0. The van der Waals surface area contributed by atoms with Crippen molar-refractivity contribution < 1.29 is 0 Å². The minimum Gasteiger partial charge on any atom is -0.368 e. The van der Waals surface area contributed by atoms with Gasteiger partial charge in [0.2, 0.25) is 0 Å². The van der Waals surface area contributed by atoms with Crippen LogP contribution in [0.25, 0.3) is 5.82 Å². The summed E-state index contributed by atoms with van der Waals surface area (Å²) in [4.78, 5) is 22.2. The monoisotopic (exact) mass is 484 g/mol. The van der Waals surface area contributed by atoms with Crippen LogP contribution in [-0.2, 0) is 0 Å². The molecule has 1 aliphatic heterocycles. The Bertz CT molecular complexity index is 1050. The summed E-state index contributed by atoms with van der Waals surface area (Å²) in [5.41, 5.74) is 2.19. The molecule has 0 N–H and O–H groups in total. The Balaban J connectivity index is 1.44. The molecule has 3 heterocycles. The van der Waals surface area contributed by atoms with Crippen molar-refractivity contribution in [3.8, 4) is 5.82 Å². The van der Waals surface area contributed by atoms with Gasteiger partial charge in [-0.3, -0.25) is 0 Å². The normalized spacial score (nSPS) is 15.5. The van der Waals surface area contributed by atoms with E-state index >= 15 is 0 Å². The molecule has 3 aromatic rings. The number of pyridine rings is 1. The molecule has 1 aliphatic rings. The summed E-state index contributed by atoms with van der Waals surface area (Å²) in [6.07, 6.45) is 4.30. The first-order valence-electron chi connectivity index (χ1n) is 10.9. The Morgan fingerprint density at radius 2 is 1.58 bits per heavy atom. The van der Waals surface area contributed by atoms with Crippen LogP contribution in [0.15, 0.2) is 58.2 Å². The molecule has 164 valence electrons. The van der Waals surface area contributed by atoms with Crippen LogP contribution >= 0.6 is 15.9 Å². The number of piperazine rings is 1. The lowest BCUT2D eigenvalue weighted by molar-refractivity contribution is 0.327. The largest absolute Gasteiger partial charge is 0.368 e. The van der Waals surface area contributed by atoms with Gasteiger partial charge >= 0.3 is 5.69 Å². The Kier molecular flexibility index (Phi) is 6.46. The number of hydrogen-bond acceptors (Lipinski definition) is 5. The van der Waals surface area contributed by atoms with Gasteiger partial charge in [-0.15, -0.1) is 0 Å². The molecule has 7 nitrogen and oxygen atoms in total. The maximum absolute atomic E-state index is 12.9. The minimum atomic E-state index is -0.135. The average molecular weight is 485 g/mol. The standard InChI is InChI=1S/C23H29BrN6O/c1-4-21(17(2)3)30-23(31)29(16-26-30)22-10-9-20(15-25-22)28-13-11-27(12-14-28)19-7-5-18(24)6-8-19/h5-10,15-17,21H,4,11-14H2,1-3H3/t21-/m0/s1. The molecule has 4 rings (SSSR count). The second-order valence-corrected chi connectivity index (χ2v) is 9.19. The third-order valence-corrected chi connectivity index (χ3v) is 6.54. The van der Waals surface area contributed by atoms with Gasteiger partial charge < -0.3 is 9.80 Å². The fraction of sp³-hybridized carbons (Fsp3) is 0.435. The predicted molar refractivity (Wildman–Crippen MR) is 128 cm³/mol. The number of halogens is 1. The summed E-state index contributed by atoms with van der Waals surface area (Å²) >= 11 is 3.49. The molecule has 0 spiro atoms. The molecule has 0 bridgehead atoms. The van der Waals surface area contributed by atoms with E-state index in [-0.39, 0.29) is 11.7 Å². The van der Waals surface area contributed by atoms with Gasteiger partial charge in [0, 0.05) is 36.3 Å². The smallest absolute Gasteiger partial charge is 0.351 e. The lowest BCUT2D eigenvalue weighted by Gasteiger charge is -2.37. The van der Waals surface area contributed by atoms with E-state index in [0.29, 0.717) is 11.7 Å². The van der Waals surface area contributed by atoms with Crippen LogP contribution in [0, 0.1) is 5.92 Å². The molecule has 8 heteroatoms. The van der Waals surface area contributed by atoms with Gasteiger partial charge in [-0.1, -0.05) is 36.7 Å². The van der Waals surface area contributed by atoms with E-state index in [0.717, 1.165) is 42.8 Å². The highest BCUT2D eigenvalue weighted by Crippen LogP contribution is 2.23. The second-order valence-electron chi connectivity index (χ2n) is 8.27. The van der Waals surface area contributed by atoms with Crippen LogP contribution < -0.4 is 15.5 Å². The van der Waals surface area contributed by atoms with E-state index in [1.165, 1.54) is 10.3 Å². The summed E-state index contributed by atoms with van der Waals surface area (Å²) in [7, 11) is 0. The van der Waals surface area contributed by atoms with E-state index in [1.807, 2.05) is 18.3 Å². The van der Waals surface area contributed by atoms with Gasteiger partial charge in [-0.05, 0) is 48.7 Å². The van der Waals surface area contributed by atoms with Crippen molar-refractivity contribution in [1.82, 2.24) is 19.3 Å². The molecule has 1 aromatic carbocycles. The third-order valence-electron chi connectivity index (χ3n) is 6.01. The van der Waals surface area contributed by atoms with Crippen molar-refractivity contribution in [3.05, 3.63) is 63.9 Å². The van der Waals surface area contributed by atoms with E-state index in [1.54, 1.807) is 11.0 Å². The maximum atomic E-state index is 12.9. The molecule has 0 radical (unpaired) electrons. The van der Waals surface area contributed by atoms with Gasteiger partial charge in [-0.2, -0.15) is 5.10 Å². The highest BCUT2D eigenvalue weighted by molar-refractivity contribution is 9.10. The molecule has 1 atom stereocenters. The predicted octanol–water partition coefficient (Wildman–Crippen LogP) is 4.13.